The summed E-state index contributed by atoms with van der Waals surface area (Å²) in [5, 5.41) is 0. The molecular weight excluding hydrogens is 128 g/mol. The molecule has 0 aliphatic rings. The predicted molar refractivity (Wildman–Crippen MR) is 46.7 cm³/mol. The summed E-state index contributed by atoms with van der Waals surface area (Å²) < 4.78 is 0. The van der Waals surface area contributed by atoms with Crippen molar-refractivity contribution in [1.29, 1.82) is 0 Å². The molecule has 1 heteroatoms. The van der Waals surface area contributed by atoms with E-state index < -0.39 is 0 Å². The molecule has 0 radical (unpaired) electrons. The lowest BCUT2D eigenvalue weighted by atomic mass is 10.1. The molecule has 9 heavy (non-hydrogen) atoms. The van der Waals surface area contributed by atoms with E-state index in [1.807, 2.05) is 6.08 Å². The van der Waals surface area contributed by atoms with Crippen LogP contribution >= 0.6 is 12.6 Å². The zero-order valence-corrected chi connectivity index (χ0v) is 6.99. The summed E-state index contributed by atoms with van der Waals surface area (Å²) in [6.45, 7) is 7.98. The Labute approximate surface area is 63.1 Å². The molecule has 0 rings (SSSR count). The Morgan fingerprint density at radius 2 is 2.33 bits per heavy atom. The van der Waals surface area contributed by atoms with Crippen LogP contribution in [-0.2, 0) is 0 Å². The standard InChI is InChI=1S/C8H14S/c1-4-7(2)5-6-8(3)9/h5-7,9H,3-4H2,1-2H3/b6-5-. The van der Waals surface area contributed by atoms with Crippen molar-refractivity contribution in [3.8, 4) is 0 Å². The van der Waals surface area contributed by atoms with Crippen LogP contribution in [0.4, 0.5) is 0 Å². The van der Waals surface area contributed by atoms with Gasteiger partial charge in [-0.2, -0.15) is 0 Å². The van der Waals surface area contributed by atoms with Gasteiger partial charge in [-0.3, -0.25) is 0 Å². The van der Waals surface area contributed by atoms with E-state index in [2.05, 4.69) is 39.1 Å². The molecule has 0 bridgehead atoms. The quantitative estimate of drug-likeness (QED) is 0.454. The SMILES string of the molecule is C=C(S)/C=C\C(C)CC. The molecule has 0 saturated carbocycles. The molecular formula is C8H14S. The Kier molecular flexibility index (Phi) is 4.60. The van der Waals surface area contributed by atoms with Gasteiger partial charge >= 0.3 is 0 Å². The first kappa shape index (κ1) is 8.83. The van der Waals surface area contributed by atoms with E-state index in [4.69, 9.17) is 0 Å². The van der Waals surface area contributed by atoms with Gasteiger partial charge in [-0.15, -0.1) is 12.6 Å². The zero-order valence-electron chi connectivity index (χ0n) is 6.09. The summed E-state index contributed by atoms with van der Waals surface area (Å²) in [6.07, 6.45) is 5.24. The minimum absolute atomic E-state index is 0.647. The van der Waals surface area contributed by atoms with Crippen molar-refractivity contribution in [2.24, 2.45) is 5.92 Å². The van der Waals surface area contributed by atoms with E-state index in [0.717, 1.165) is 4.91 Å². The average molecular weight is 142 g/mol. The van der Waals surface area contributed by atoms with Crippen LogP contribution in [0, 0.1) is 5.92 Å². The summed E-state index contributed by atoms with van der Waals surface area (Å²) in [5.41, 5.74) is 0. The van der Waals surface area contributed by atoms with Crippen molar-refractivity contribution in [2.45, 2.75) is 20.3 Å². The molecule has 0 aliphatic heterocycles. The number of thiol groups is 1. The first-order valence-corrected chi connectivity index (χ1v) is 3.67. The maximum atomic E-state index is 4.03. The largest absolute Gasteiger partial charge is 0.144 e. The normalized spacial score (nSPS) is 14.1. The number of allylic oxidation sites excluding steroid dienone is 2. The van der Waals surface area contributed by atoms with Gasteiger partial charge in [0.2, 0.25) is 0 Å². The van der Waals surface area contributed by atoms with Gasteiger partial charge < -0.3 is 0 Å². The van der Waals surface area contributed by atoms with E-state index in [-0.39, 0.29) is 0 Å². The molecule has 1 atom stereocenters. The number of hydrogen-bond donors (Lipinski definition) is 1. The third kappa shape index (κ3) is 5.71. The van der Waals surface area contributed by atoms with Crippen LogP contribution in [0.5, 0.6) is 0 Å². The lowest BCUT2D eigenvalue weighted by Gasteiger charge is -1.97. The second-order valence-corrected chi connectivity index (χ2v) is 2.81. The molecule has 0 aromatic heterocycles. The summed E-state index contributed by atoms with van der Waals surface area (Å²) in [6, 6.07) is 0. The summed E-state index contributed by atoms with van der Waals surface area (Å²) in [7, 11) is 0. The second kappa shape index (κ2) is 4.68. The molecule has 52 valence electrons. The van der Waals surface area contributed by atoms with Gasteiger partial charge in [0, 0.05) is 0 Å². The molecule has 0 aliphatic carbocycles. The molecule has 0 aromatic carbocycles. The monoisotopic (exact) mass is 142 g/mol. The highest BCUT2D eigenvalue weighted by molar-refractivity contribution is 7.84. The van der Waals surface area contributed by atoms with Crippen LogP contribution < -0.4 is 0 Å². The third-order valence-corrected chi connectivity index (χ3v) is 1.41. The molecule has 0 fully saturated rings. The highest BCUT2D eigenvalue weighted by Crippen LogP contribution is 2.05. The van der Waals surface area contributed by atoms with Gasteiger partial charge in [-0.05, 0) is 10.8 Å². The fraction of sp³-hybridized carbons (Fsp3) is 0.500. The van der Waals surface area contributed by atoms with E-state index >= 15 is 0 Å². The molecule has 0 nitrogen and oxygen atoms in total. The molecule has 0 saturated heterocycles. The highest BCUT2D eigenvalue weighted by atomic mass is 32.1. The topological polar surface area (TPSA) is 0 Å². The van der Waals surface area contributed by atoms with Crippen molar-refractivity contribution in [3.05, 3.63) is 23.6 Å². The van der Waals surface area contributed by atoms with E-state index in [1.54, 1.807) is 0 Å². The summed E-state index contributed by atoms with van der Waals surface area (Å²) >= 11 is 4.03. The summed E-state index contributed by atoms with van der Waals surface area (Å²) in [4.78, 5) is 0.829. The Hall–Kier alpha value is -0.170. The van der Waals surface area contributed by atoms with Crippen LogP contribution in [0.2, 0.25) is 0 Å². The van der Waals surface area contributed by atoms with Crippen LogP contribution in [0.1, 0.15) is 20.3 Å². The van der Waals surface area contributed by atoms with E-state index in [9.17, 15) is 0 Å². The van der Waals surface area contributed by atoms with Crippen LogP contribution in [-0.4, -0.2) is 0 Å². The minimum atomic E-state index is 0.647. The average Bonchev–Trinajstić information content (AvgIpc) is 1.83. The van der Waals surface area contributed by atoms with Crippen molar-refractivity contribution in [3.63, 3.8) is 0 Å². The Morgan fingerprint density at radius 1 is 1.78 bits per heavy atom. The first-order chi connectivity index (χ1) is 4.16. The van der Waals surface area contributed by atoms with E-state index in [0.29, 0.717) is 5.92 Å². The third-order valence-electron chi connectivity index (χ3n) is 1.26. The second-order valence-electron chi connectivity index (χ2n) is 2.24. The van der Waals surface area contributed by atoms with Crippen molar-refractivity contribution >= 4 is 12.6 Å². The molecule has 0 N–H and O–H groups in total. The number of hydrogen-bond acceptors (Lipinski definition) is 1. The predicted octanol–water partition coefficient (Wildman–Crippen LogP) is 3.03. The fourth-order valence-electron chi connectivity index (χ4n) is 0.411. The smallest absolute Gasteiger partial charge is 0.00351 e. The van der Waals surface area contributed by atoms with Gasteiger partial charge in [0.25, 0.3) is 0 Å². The molecule has 0 spiro atoms. The molecule has 0 amide bonds. The van der Waals surface area contributed by atoms with Crippen molar-refractivity contribution in [2.75, 3.05) is 0 Å². The Bertz CT molecular complexity index is 114. The van der Waals surface area contributed by atoms with Gasteiger partial charge in [0.1, 0.15) is 0 Å². The van der Waals surface area contributed by atoms with Crippen molar-refractivity contribution < 1.29 is 0 Å². The number of rotatable bonds is 3. The van der Waals surface area contributed by atoms with Crippen LogP contribution in [0.25, 0.3) is 0 Å². The minimum Gasteiger partial charge on any atom is -0.144 e. The lowest BCUT2D eigenvalue weighted by Crippen LogP contribution is -1.83. The van der Waals surface area contributed by atoms with Crippen LogP contribution in [0.3, 0.4) is 0 Å². The van der Waals surface area contributed by atoms with Crippen molar-refractivity contribution in [1.82, 2.24) is 0 Å². The van der Waals surface area contributed by atoms with Gasteiger partial charge in [-0.1, -0.05) is 39.0 Å². The molecule has 0 aromatic rings. The van der Waals surface area contributed by atoms with E-state index in [1.165, 1.54) is 6.42 Å². The molecule has 1 unspecified atom stereocenters. The van der Waals surface area contributed by atoms with Crippen LogP contribution in [0.15, 0.2) is 23.6 Å². The maximum absolute atomic E-state index is 4.03. The van der Waals surface area contributed by atoms with Gasteiger partial charge in [0.15, 0.2) is 0 Å². The van der Waals surface area contributed by atoms with Gasteiger partial charge in [0.05, 0.1) is 0 Å². The van der Waals surface area contributed by atoms with Gasteiger partial charge in [-0.25, -0.2) is 0 Å². The summed E-state index contributed by atoms with van der Waals surface area (Å²) in [5.74, 6) is 0.647. The zero-order chi connectivity index (χ0) is 7.28. The Morgan fingerprint density at radius 3 is 2.67 bits per heavy atom. The Balaban J connectivity index is 3.56. The highest BCUT2D eigenvalue weighted by Gasteiger charge is 1.88. The maximum Gasteiger partial charge on any atom is -0.00351 e. The molecule has 0 heterocycles. The first-order valence-electron chi connectivity index (χ1n) is 3.23. The lowest BCUT2D eigenvalue weighted by molar-refractivity contribution is 0.698. The fourth-order valence-corrected chi connectivity index (χ4v) is 0.497.